The highest BCUT2D eigenvalue weighted by atomic mass is 32.2. The minimum atomic E-state index is 0.250. The molecule has 7 heteroatoms. The molecule has 0 unspecified atom stereocenters. The minimum absolute atomic E-state index is 0.250. The van der Waals surface area contributed by atoms with E-state index in [1.54, 1.807) is 0 Å². The Labute approximate surface area is 127 Å². The molecule has 1 saturated heterocycles. The van der Waals surface area contributed by atoms with Crippen LogP contribution in [-0.4, -0.2) is 39.3 Å². The van der Waals surface area contributed by atoms with Gasteiger partial charge in [-0.15, -0.1) is 10.2 Å². The lowest BCUT2D eigenvalue weighted by molar-refractivity contribution is -0.134. The van der Waals surface area contributed by atoms with Gasteiger partial charge in [0.15, 0.2) is 4.34 Å². The van der Waals surface area contributed by atoms with E-state index in [0.29, 0.717) is 16.9 Å². The number of thioether (sulfide) groups is 1. The van der Waals surface area contributed by atoms with Gasteiger partial charge in [0, 0.05) is 12.6 Å². The van der Waals surface area contributed by atoms with Crippen molar-refractivity contribution in [3.63, 3.8) is 0 Å². The Morgan fingerprint density at radius 3 is 2.90 bits per heavy atom. The van der Waals surface area contributed by atoms with Crippen LogP contribution in [0.2, 0.25) is 0 Å². The topological polar surface area (TPSA) is 72.1 Å². The largest absolute Gasteiger partial charge is 0.374 e. The lowest BCUT2D eigenvalue weighted by Crippen LogP contribution is -2.50. The summed E-state index contributed by atoms with van der Waals surface area (Å²) in [4.78, 5) is 14.6. The molecule has 1 aliphatic heterocycles. The molecule has 1 amide bonds. The van der Waals surface area contributed by atoms with Gasteiger partial charge < -0.3 is 10.6 Å². The fourth-order valence-corrected chi connectivity index (χ4v) is 4.94. The fourth-order valence-electron chi connectivity index (χ4n) is 3.42. The first kappa shape index (κ1) is 14.1. The Hall–Kier alpha value is -0.820. The zero-order chi connectivity index (χ0) is 13.9. The van der Waals surface area contributed by atoms with Crippen LogP contribution >= 0.6 is 23.1 Å². The number of fused-ring (bicyclic) bond motifs is 1. The van der Waals surface area contributed by atoms with E-state index < -0.39 is 0 Å². The van der Waals surface area contributed by atoms with E-state index in [0.717, 1.165) is 23.2 Å². The van der Waals surface area contributed by atoms with Gasteiger partial charge in [-0.3, -0.25) is 4.79 Å². The smallest absolute Gasteiger partial charge is 0.233 e. The van der Waals surface area contributed by atoms with Gasteiger partial charge in [0.2, 0.25) is 11.0 Å². The summed E-state index contributed by atoms with van der Waals surface area (Å²) >= 11 is 2.80. The van der Waals surface area contributed by atoms with Crippen molar-refractivity contribution in [1.29, 1.82) is 0 Å². The summed E-state index contributed by atoms with van der Waals surface area (Å²) in [5.74, 6) is 1.45. The van der Waals surface area contributed by atoms with Gasteiger partial charge in [-0.25, -0.2) is 0 Å². The zero-order valence-corrected chi connectivity index (χ0v) is 13.1. The first-order valence-corrected chi connectivity index (χ1v) is 9.05. The molecule has 2 N–H and O–H groups in total. The molecule has 0 bridgehead atoms. The molecule has 5 nitrogen and oxygen atoms in total. The van der Waals surface area contributed by atoms with Gasteiger partial charge in [0.05, 0.1) is 5.75 Å². The normalized spacial score (nSPS) is 26.3. The molecule has 2 aliphatic rings. The summed E-state index contributed by atoms with van der Waals surface area (Å²) in [5, 5.41) is 8.19. The van der Waals surface area contributed by atoms with Crippen LogP contribution in [0.3, 0.4) is 0 Å². The highest BCUT2D eigenvalue weighted by Crippen LogP contribution is 2.35. The summed E-state index contributed by atoms with van der Waals surface area (Å²) in [6, 6.07) is 0.491. The average molecular weight is 312 g/mol. The van der Waals surface area contributed by atoms with Crippen LogP contribution in [0.5, 0.6) is 0 Å². The summed E-state index contributed by atoms with van der Waals surface area (Å²) in [6.45, 7) is 0.929. The molecule has 2 atom stereocenters. The third kappa shape index (κ3) is 3.09. The van der Waals surface area contributed by atoms with Crippen LogP contribution in [0.15, 0.2) is 4.34 Å². The number of piperidine rings is 1. The number of carbonyl (C=O) groups excluding carboxylic acids is 1. The molecular formula is C13H20N4OS2. The summed E-state index contributed by atoms with van der Waals surface area (Å²) in [5.41, 5.74) is 5.55. The second-order valence-electron chi connectivity index (χ2n) is 5.54. The van der Waals surface area contributed by atoms with E-state index in [1.807, 2.05) is 0 Å². The van der Waals surface area contributed by atoms with E-state index in [9.17, 15) is 4.79 Å². The third-order valence-electron chi connectivity index (χ3n) is 4.30. The molecule has 0 aromatic carbocycles. The maximum atomic E-state index is 12.5. The highest BCUT2D eigenvalue weighted by Gasteiger charge is 2.35. The van der Waals surface area contributed by atoms with Crippen LogP contribution in [-0.2, 0) is 4.79 Å². The van der Waals surface area contributed by atoms with Crippen LogP contribution in [0.25, 0.3) is 0 Å². The number of amides is 1. The summed E-state index contributed by atoms with van der Waals surface area (Å²) < 4.78 is 0.785. The van der Waals surface area contributed by atoms with E-state index in [1.165, 1.54) is 55.2 Å². The highest BCUT2D eigenvalue weighted by molar-refractivity contribution is 8.01. The number of likely N-dealkylation sites (tertiary alicyclic amines) is 1. The second kappa shape index (κ2) is 6.30. The number of nitrogens with two attached hydrogens (primary N) is 1. The van der Waals surface area contributed by atoms with Crippen LogP contribution in [0.4, 0.5) is 5.13 Å². The molecule has 0 radical (unpaired) electrons. The van der Waals surface area contributed by atoms with Gasteiger partial charge in [0.25, 0.3) is 0 Å². The number of nitrogen functional groups attached to an aromatic ring is 1. The number of carbonyl (C=O) groups is 1. The minimum Gasteiger partial charge on any atom is -0.374 e. The van der Waals surface area contributed by atoms with E-state index >= 15 is 0 Å². The third-order valence-corrected chi connectivity index (χ3v) is 6.18. The predicted molar refractivity (Wildman–Crippen MR) is 81.7 cm³/mol. The van der Waals surface area contributed by atoms with Crippen LogP contribution < -0.4 is 5.73 Å². The lowest BCUT2D eigenvalue weighted by Gasteiger charge is -2.44. The van der Waals surface area contributed by atoms with Gasteiger partial charge in [-0.2, -0.15) is 0 Å². The quantitative estimate of drug-likeness (QED) is 0.868. The molecule has 2 heterocycles. The van der Waals surface area contributed by atoms with Crippen molar-refractivity contribution in [2.45, 2.75) is 48.9 Å². The number of hydrogen-bond donors (Lipinski definition) is 1. The molecule has 3 rings (SSSR count). The molecule has 1 aliphatic carbocycles. The molecule has 1 aromatic rings. The zero-order valence-electron chi connectivity index (χ0n) is 11.5. The Bertz CT molecular complexity index is 477. The fraction of sp³-hybridized carbons (Fsp3) is 0.769. The first-order chi connectivity index (χ1) is 9.74. The van der Waals surface area contributed by atoms with Crippen LogP contribution in [0, 0.1) is 5.92 Å². The number of nitrogens with zero attached hydrogens (tertiary/aromatic N) is 3. The van der Waals surface area contributed by atoms with Crippen molar-refractivity contribution in [3.8, 4) is 0 Å². The average Bonchev–Trinajstić information content (AvgIpc) is 2.90. The van der Waals surface area contributed by atoms with Crippen molar-refractivity contribution < 1.29 is 4.79 Å². The van der Waals surface area contributed by atoms with Crippen molar-refractivity contribution >= 4 is 34.1 Å². The van der Waals surface area contributed by atoms with Crippen molar-refractivity contribution in [2.24, 2.45) is 5.92 Å². The maximum absolute atomic E-state index is 12.5. The van der Waals surface area contributed by atoms with Crippen LogP contribution in [0.1, 0.15) is 38.5 Å². The summed E-state index contributed by atoms with van der Waals surface area (Å²) in [7, 11) is 0. The second-order valence-corrected chi connectivity index (χ2v) is 7.77. The number of aromatic nitrogens is 2. The first-order valence-electron chi connectivity index (χ1n) is 7.25. The Morgan fingerprint density at radius 2 is 2.10 bits per heavy atom. The maximum Gasteiger partial charge on any atom is 0.233 e. The van der Waals surface area contributed by atoms with Crippen molar-refractivity contribution in [1.82, 2.24) is 15.1 Å². The Morgan fingerprint density at radius 1 is 1.30 bits per heavy atom. The van der Waals surface area contributed by atoms with Crippen molar-refractivity contribution in [2.75, 3.05) is 18.0 Å². The summed E-state index contributed by atoms with van der Waals surface area (Å²) in [6.07, 6.45) is 7.55. The van der Waals surface area contributed by atoms with Gasteiger partial charge in [-0.1, -0.05) is 35.9 Å². The van der Waals surface area contributed by atoms with E-state index in [-0.39, 0.29) is 5.91 Å². The molecular weight excluding hydrogens is 292 g/mol. The van der Waals surface area contributed by atoms with Gasteiger partial charge >= 0.3 is 0 Å². The predicted octanol–water partition coefficient (Wildman–Crippen LogP) is 2.39. The monoisotopic (exact) mass is 312 g/mol. The number of anilines is 1. The molecule has 2 fully saturated rings. The Kier molecular flexibility index (Phi) is 4.45. The molecule has 1 saturated carbocycles. The molecule has 20 heavy (non-hydrogen) atoms. The van der Waals surface area contributed by atoms with Gasteiger partial charge in [0.1, 0.15) is 0 Å². The van der Waals surface area contributed by atoms with E-state index in [4.69, 9.17) is 5.73 Å². The SMILES string of the molecule is Nc1nnc(SCC(=O)N2CCC[C@@H]3CCCC[C@@H]32)s1. The van der Waals surface area contributed by atoms with Crippen molar-refractivity contribution in [3.05, 3.63) is 0 Å². The number of rotatable bonds is 3. The molecule has 0 spiro atoms. The standard InChI is InChI=1S/C13H20N4OS2/c14-12-15-16-13(20-12)19-8-11(18)17-7-3-5-9-4-1-2-6-10(9)17/h9-10H,1-8H2,(H2,14,15)/t9-,10-/m0/s1. The Balaban J connectivity index is 1.58. The van der Waals surface area contributed by atoms with E-state index in [2.05, 4.69) is 15.1 Å². The molecule has 1 aromatic heterocycles. The lowest BCUT2D eigenvalue weighted by atomic mass is 9.78. The number of hydrogen-bond acceptors (Lipinski definition) is 6. The van der Waals surface area contributed by atoms with Gasteiger partial charge in [-0.05, 0) is 31.6 Å². The molecule has 110 valence electrons.